The van der Waals surface area contributed by atoms with Crippen molar-refractivity contribution in [1.82, 2.24) is 0 Å². The fourth-order valence-electron chi connectivity index (χ4n) is 1.64. The zero-order chi connectivity index (χ0) is 7.56. The van der Waals surface area contributed by atoms with Gasteiger partial charge in [-0.05, 0) is 24.8 Å². The van der Waals surface area contributed by atoms with Crippen LogP contribution in [0.15, 0.2) is 0 Å². The molecule has 2 nitrogen and oxygen atoms in total. The van der Waals surface area contributed by atoms with Crippen LogP contribution in [-0.4, -0.2) is 19.3 Å². The van der Waals surface area contributed by atoms with Gasteiger partial charge in [0, 0.05) is 6.61 Å². The molecule has 60 valence electrons. The predicted octanol–water partition coefficient (Wildman–Crippen LogP) is 1.01. The summed E-state index contributed by atoms with van der Waals surface area (Å²) in [6.45, 7) is 6.07. The normalized spacial score (nSPS) is 33.6. The van der Waals surface area contributed by atoms with Crippen LogP contribution in [0.5, 0.6) is 0 Å². The van der Waals surface area contributed by atoms with E-state index < -0.39 is 0 Å². The Bertz CT molecular complexity index is 103. The van der Waals surface area contributed by atoms with E-state index in [9.17, 15) is 0 Å². The highest BCUT2D eigenvalue weighted by molar-refractivity contribution is 4.78. The monoisotopic (exact) mass is 143 g/mol. The lowest BCUT2D eigenvalue weighted by Crippen LogP contribution is -2.28. The van der Waals surface area contributed by atoms with Crippen molar-refractivity contribution in [3.05, 3.63) is 0 Å². The lowest BCUT2D eigenvalue weighted by Gasteiger charge is -2.19. The Labute approximate surface area is 62.7 Å². The molecular weight excluding hydrogens is 126 g/mol. The summed E-state index contributed by atoms with van der Waals surface area (Å²) in [5.74, 6) is 1.23. The Kier molecular flexibility index (Phi) is 2.69. The van der Waals surface area contributed by atoms with E-state index in [4.69, 9.17) is 10.5 Å². The van der Waals surface area contributed by atoms with Crippen molar-refractivity contribution in [2.45, 2.75) is 26.4 Å². The molecule has 1 rings (SSSR count). The molecule has 1 aliphatic rings. The highest BCUT2D eigenvalue weighted by Crippen LogP contribution is 2.25. The van der Waals surface area contributed by atoms with E-state index in [0.717, 1.165) is 19.6 Å². The third-order valence-corrected chi connectivity index (χ3v) is 2.22. The van der Waals surface area contributed by atoms with Gasteiger partial charge >= 0.3 is 0 Å². The molecule has 2 unspecified atom stereocenters. The van der Waals surface area contributed by atoms with Crippen LogP contribution in [-0.2, 0) is 4.74 Å². The molecule has 1 fully saturated rings. The van der Waals surface area contributed by atoms with Gasteiger partial charge in [-0.3, -0.25) is 0 Å². The van der Waals surface area contributed by atoms with Crippen molar-refractivity contribution in [2.75, 3.05) is 13.2 Å². The number of rotatable bonds is 2. The average molecular weight is 143 g/mol. The van der Waals surface area contributed by atoms with E-state index in [-0.39, 0.29) is 0 Å². The minimum absolute atomic E-state index is 0.421. The summed E-state index contributed by atoms with van der Waals surface area (Å²) in [6, 6.07) is 0. The van der Waals surface area contributed by atoms with Crippen LogP contribution < -0.4 is 5.73 Å². The largest absolute Gasteiger partial charge is 0.378 e. The van der Waals surface area contributed by atoms with Crippen molar-refractivity contribution in [3.63, 3.8) is 0 Å². The first kappa shape index (κ1) is 8.02. The van der Waals surface area contributed by atoms with E-state index in [1.165, 1.54) is 0 Å². The molecule has 0 aromatic rings. The lowest BCUT2D eigenvalue weighted by molar-refractivity contribution is 0.0558. The van der Waals surface area contributed by atoms with Crippen LogP contribution >= 0.6 is 0 Å². The standard InChI is InChI=1S/C8H17NO/c1-6(2)8-7(5-9)3-4-10-8/h6-8H,3-5,9H2,1-2H3. The first-order valence-electron chi connectivity index (χ1n) is 4.07. The summed E-state index contributed by atoms with van der Waals surface area (Å²) in [6.07, 6.45) is 1.57. The molecule has 1 heterocycles. The van der Waals surface area contributed by atoms with Crippen LogP contribution in [0.4, 0.5) is 0 Å². The Morgan fingerprint density at radius 3 is 2.70 bits per heavy atom. The Morgan fingerprint density at radius 1 is 1.60 bits per heavy atom. The lowest BCUT2D eigenvalue weighted by atomic mass is 9.93. The van der Waals surface area contributed by atoms with Crippen molar-refractivity contribution >= 4 is 0 Å². The molecule has 2 atom stereocenters. The van der Waals surface area contributed by atoms with Crippen molar-refractivity contribution in [2.24, 2.45) is 17.6 Å². The van der Waals surface area contributed by atoms with Gasteiger partial charge in [0.15, 0.2) is 0 Å². The number of ether oxygens (including phenoxy) is 1. The van der Waals surface area contributed by atoms with Gasteiger partial charge in [-0.15, -0.1) is 0 Å². The SMILES string of the molecule is CC(C)C1OCCC1CN. The van der Waals surface area contributed by atoms with E-state index >= 15 is 0 Å². The molecule has 0 aliphatic carbocycles. The highest BCUT2D eigenvalue weighted by Gasteiger charge is 2.28. The summed E-state index contributed by atoms with van der Waals surface area (Å²) >= 11 is 0. The van der Waals surface area contributed by atoms with E-state index in [1.54, 1.807) is 0 Å². The summed E-state index contributed by atoms with van der Waals surface area (Å²) in [5.41, 5.74) is 5.58. The van der Waals surface area contributed by atoms with Gasteiger partial charge in [-0.2, -0.15) is 0 Å². The van der Waals surface area contributed by atoms with Crippen LogP contribution in [0, 0.1) is 11.8 Å². The molecule has 0 amide bonds. The number of hydrogen-bond acceptors (Lipinski definition) is 2. The van der Waals surface area contributed by atoms with Gasteiger partial charge in [0.1, 0.15) is 0 Å². The van der Waals surface area contributed by atoms with Crippen molar-refractivity contribution in [1.29, 1.82) is 0 Å². The number of hydrogen-bond donors (Lipinski definition) is 1. The zero-order valence-corrected chi connectivity index (χ0v) is 6.84. The first-order chi connectivity index (χ1) is 4.75. The topological polar surface area (TPSA) is 35.2 Å². The van der Waals surface area contributed by atoms with Gasteiger partial charge in [0.2, 0.25) is 0 Å². The summed E-state index contributed by atoms with van der Waals surface area (Å²) in [4.78, 5) is 0. The summed E-state index contributed by atoms with van der Waals surface area (Å²) in [7, 11) is 0. The molecule has 1 saturated heterocycles. The maximum atomic E-state index is 5.58. The van der Waals surface area contributed by atoms with Gasteiger partial charge in [0.25, 0.3) is 0 Å². The molecule has 2 N–H and O–H groups in total. The molecule has 2 heteroatoms. The molecule has 0 aromatic carbocycles. The van der Waals surface area contributed by atoms with Crippen LogP contribution in [0.1, 0.15) is 20.3 Å². The third kappa shape index (κ3) is 1.50. The van der Waals surface area contributed by atoms with E-state index in [2.05, 4.69) is 13.8 Å². The molecule has 0 spiro atoms. The second-order valence-corrected chi connectivity index (χ2v) is 3.36. The highest BCUT2D eigenvalue weighted by atomic mass is 16.5. The van der Waals surface area contributed by atoms with Gasteiger partial charge < -0.3 is 10.5 Å². The molecule has 10 heavy (non-hydrogen) atoms. The molecular formula is C8H17NO. The Morgan fingerprint density at radius 2 is 2.30 bits per heavy atom. The van der Waals surface area contributed by atoms with Gasteiger partial charge in [-0.25, -0.2) is 0 Å². The van der Waals surface area contributed by atoms with Crippen LogP contribution in [0.3, 0.4) is 0 Å². The maximum absolute atomic E-state index is 5.58. The maximum Gasteiger partial charge on any atom is 0.0639 e. The summed E-state index contributed by atoms with van der Waals surface area (Å²) in [5, 5.41) is 0. The van der Waals surface area contributed by atoms with E-state index in [1.807, 2.05) is 0 Å². The second kappa shape index (κ2) is 3.35. The Hall–Kier alpha value is -0.0800. The predicted molar refractivity (Wildman–Crippen MR) is 41.7 cm³/mol. The molecule has 1 aliphatic heterocycles. The molecule has 0 aromatic heterocycles. The minimum atomic E-state index is 0.421. The van der Waals surface area contributed by atoms with Gasteiger partial charge in [-0.1, -0.05) is 13.8 Å². The second-order valence-electron chi connectivity index (χ2n) is 3.36. The van der Waals surface area contributed by atoms with Crippen molar-refractivity contribution in [3.8, 4) is 0 Å². The van der Waals surface area contributed by atoms with Crippen LogP contribution in [0.25, 0.3) is 0 Å². The molecule has 0 bridgehead atoms. The van der Waals surface area contributed by atoms with Crippen LogP contribution in [0.2, 0.25) is 0 Å². The third-order valence-electron chi connectivity index (χ3n) is 2.22. The Balaban J connectivity index is 2.42. The molecule has 0 radical (unpaired) electrons. The fraction of sp³-hybridized carbons (Fsp3) is 1.00. The first-order valence-corrected chi connectivity index (χ1v) is 4.07. The minimum Gasteiger partial charge on any atom is -0.378 e. The number of nitrogens with two attached hydrogens (primary N) is 1. The quantitative estimate of drug-likeness (QED) is 0.626. The fourth-order valence-corrected chi connectivity index (χ4v) is 1.64. The van der Waals surface area contributed by atoms with Crippen molar-refractivity contribution < 1.29 is 4.74 Å². The average Bonchev–Trinajstić information content (AvgIpc) is 2.33. The van der Waals surface area contributed by atoms with E-state index in [0.29, 0.717) is 17.9 Å². The molecule has 0 saturated carbocycles. The smallest absolute Gasteiger partial charge is 0.0639 e. The van der Waals surface area contributed by atoms with Gasteiger partial charge in [0.05, 0.1) is 6.10 Å². The zero-order valence-electron chi connectivity index (χ0n) is 6.84. The summed E-state index contributed by atoms with van der Waals surface area (Å²) < 4.78 is 5.54.